The van der Waals surface area contributed by atoms with Gasteiger partial charge in [-0.2, -0.15) is 0 Å². The molecule has 2 rings (SSSR count). The molecule has 17 heavy (non-hydrogen) atoms. The first-order valence-electron chi connectivity index (χ1n) is 6.12. The molecule has 0 bridgehead atoms. The first-order chi connectivity index (χ1) is 8.10. The highest BCUT2D eigenvalue weighted by molar-refractivity contribution is 5.81. The molecule has 0 heterocycles. The number of carboxylic acid groups (broad SMARTS) is 1. The minimum atomic E-state index is -0.780. The normalized spacial score (nSPS) is 18.2. The highest BCUT2D eigenvalue weighted by Crippen LogP contribution is 2.41. The lowest BCUT2D eigenvalue weighted by molar-refractivity contribution is -0.143. The Labute approximate surface area is 100 Å². The molecule has 1 fully saturated rings. The van der Waals surface area contributed by atoms with Gasteiger partial charge in [0.2, 0.25) is 0 Å². The van der Waals surface area contributed by atoms with Crippen molar-refractivity contribution in [2.45, 2.75) is 44.4 Å². The van der Waals surface area contributed by atoms with Gasteiger partial charge in [-0.05, 0) is 36.5 Å². The number of hydrogen-bond donors (Lipinski definition) is 1. The van der Waals surface area contributed by atoms with Crippen LogP contribution in [0.2, 0.25) is 0 Å². The monoisotopic (exact) mass is 236 g/mol. The summed E-state index contributed by atoms with van der Waals surface area (Å²) in [6, 6.07) is 4.76. The summed E-state index contributed by atoms with van der Waals surface area (Å²) in [6.45, 7) is 1.88. The maximum Gasteiger partial charge on any atom is 0.314 e. The minimum Gasteiger partial charge on any atom is -0.481 e. The molecule has 0 unspecified atom stereocenters. The van der Waals surface area contributed by atoms with E-state index in [4.69, 9.17) is 0 Å². The second-order valence-electron chi connectivity index (χ2n) is 4.75. The van der Waals surface area contributed by atoms with Gasteiger partial charge in [-0.25, -0.2) is 4.39 Å². The van der Waals surface area contributed by atoms with E-state index in [2.05, 4.69) is 0 Å². The van der Waals surface area contributed by atoms with E-state index in [1.807, 2.05) is 6.92 Å². The predicted octanol–water partition coefficient (Wildman–Crippen LogP) is 3.28. The third-order valence-electron chi connectivity index (χ3n) is 3.85. The summed E-state index contributed by atoms with van der Waals surface area (Å²) in [5, 5.41) is 9.46. The Kier molecular flexibility index (Phi) is 3.18. The van der Waals surface area contributed by atoms with Crippen molar-refractivity contribution >= 4 is 5.97 Å². The number of benzene rings is 1. The van der Waals surface area contributed by atoms with Crippen LogP contribution in [0.1, 0.15) is 43.7 Å². The average molecular weight is 236 g/mol. The summed E-state index contributed by atoms with van der Waals surface area (Å²) in [4.78, 5) is 11.5. The van der Waals surface area contributed by atoms with Gasteiger partial charge in [-0.15, -0.1) is 0 Å². The van der Waals surface area contributed by atoms with Crippen molar-refractivity contribution in [2.24, 2.45) is 0 Å². The zero-order valence-electron chi connectivity index (χ0n) is 10.0. The largest absolute Gasteiger partial charge is 0.481 e. The third kappa shape index (κ3) is 1.94. The van der Waals surface area contributed by atoms with Crippen LogP contribution < -0.4 is 0 Å². The van der Waals surface area contributed by atoms with Crippen LogP contribution in [-0.2, 0) is 16.6 Å². The van der Waals surface area contributed by atoms with Gasteiger partial charge < -0.3 is 5.11 Å². The maximum atomic E-state index is 13.4. The fourth-order valence-electron chi connectivity index (χ4n) is 2.75. The molecule has 3 heteroatoms. The molecule has 0 aliphatic heterocycles. The molecular formula is C14H17FO2. The van der Waals surface area contributed by atoms with Crippen molar-refractivity contribution in [1.29, 1.82) is 0 Å². The van der Waals surface area contributed by atoms with Crippen LogP contribution in [0.25, 0.3) is 0 Å². The lowest BCUT2D eigenvalue weighted by atomic mass is 9.78. The van der Waals surface area contributed by atoms with Crippen LogP contribution in [-0.4, -0.2) is 11.1 Å². The first-order valence-corrected chi connectivity index (χ1v) is 6.12. The molecule has 0 radical (unpaired) electrons. The van der Waals surface area contributed by atoms with Crippen molar-refractivity contribution in [3.05, 3.63) is 35.1 Å². The molecule has 0 saturated heterocycles. The summed E-state index contributed by atoms with van der Waals surface area (Å²) in [5.74, 6) is -1.02. The van der Waals surface area contributed by atoms with Gasteiger partial charge in [0.1, 0.15) is 5.82 Å². The van der Waals surface area contributed by atoms with Crippen molar-refractivity contribution in [2.75, 3.05) is 0 Å². The Morgan fingerprint density at radius 1 is 1.41 bits per heavy atom. The summed E-state index contributed by atoms with van der Waals surface area (Å²) in [5.41, 5.74) is 0.591. The van der Waals surface area contributed by atoms with Crippen LogP contribution in [0.3, 0.4) is 0 Å². The molecule has 0 amide bonds. The Bertz CT molecular complexity index is 434. The smallest absolute Gasteiger partial charge is 0.314 e. The van der Waals surface area contributed by atoms with E-state index in [-0.39, 0.29) is 5.82 Å². The second kappa shape index (κ2) is 4.47. The number of rotatable bonds is 3. The van der Waals surface area contributed by atoms with Gasteiger partial charge >= 0.3 is 5.97 Å². The van der Waals surface area contributed by atoms with Crippen LogP contribution in [0.15, 0.2) is 18.2 Å². The van der Waals surface area contributed by atoms with E-state index >= 15 is 0 Å². The van der Waals surface area contributed by atoms with E-state index in [0.717, 1.165) is 18.4 Å². The highest BCUT2D eigenvalue weighted by Gasteiger charge is 2.42. The molecule has 1 aliphatic rings. The number of carbonyl (C=O) groups is 1. The standard InChI is InChI=1S/C14H17FO2/c1-2-10-9-11(5-6-12(10)15)14(13(16)17)7-3-4-8-14/h5-6,9H,2-4,7-8H2,1H3,(H,16,17). The van der Waals surface area contributed by atoms with Crippen LogP contribution in [0, 0.1) is 5.82 Å². The van der Waals surface area contributed by atoms with E-state index in [9.17, 15) is 14.3 Å². The first kappa shape index (κ1) is 12.1. The molecule has 0 spiro atoms. The minimum absolute atomic E-state index is 0.241. The van der Waals surface area contributed by atoms with Crippen LogP contribution >= 0.6 is 0 Å². The Hall–Kier alpha value is -1.38. The lowest BCUT2D eigenvalue weighted by Crippen LogP contribution is -2.32. The van der Waals surface area contributed by atoms with E-state index in [1.165, 1.54) is 6.07 Å². The number of carboxylic acids is 1. The molecule has 1 aromatic carbocycles. The van der Waals surface area contributed by atoms with Crippen molar-refractivity contribution in [3.8, 4) is 0 Å². The van der Waals surface area contributed by atoms with Crippen molar-refractivity contribution in [3.63, 3.8) is 0 Å². The molecule has 92 valence electrons. The molecule has 1 aromatic rings. The average Bonchev–Trinajstić information content (AvgIpc) is 2.80. The topological polar surface area (TPSA) is 37.3 Å². The van der Waals surface area contributed by atoms with Crippen LogP contribution in [0.5, 0.6) is 0 Å². The molecular weight excluding hydrogens is 219 g/mol. The van der Waals surface area contributed by atoms with E-state index in [0.29, 0.717) is 24.8 Å². The zero-order chi connectivity index (χ0) is 12.5. The van der Waals surface area contributed by atoms with Gasteiger partial charge in [-0.1, -0.05) is 31.9 Å². The SMILES string of the molecule is CCc1cc(C2(C(=O)O)CCCC2)ccc1F. The highest BCUT2D eigenvalue weighted by atomic mass is 19.1. The zero-order valence-corrected chi connectivity index (χ0v) is 10.0. The number of hydrogen-bond acceptors (Lipinski definition) is 1. The summed E-state index contributed by atoms with van der Waals surface area (Å²) in [7, 11) is 0. The van der Waals surface area contributed by atoms with Crippen LogP contribution in [0.4, 0.5) is 4.39 Å². The molecule has 1 aliphatic carbocycles. The Balaban J connectivity index is 2.47. The summed E-state index contributed by atoms with van der Waals surface area (Å²) in [6.07, 6.45) is 3.79. The number of aryl methyl sites for hydroxylation is 1. The van der Waals surface area contributed by atoms with E-state index in [1.54, 1.807) is 12.1 Å². The van der Waals surface area contributed by atoms with Gasteiger partial charge in [0.05, 0.1) is 5.41 Å². The van der Waals surface area contributed by atoms with E-state index < -0.39 is 11.4 Å². The van der Waals surface area contributed by atoms with Crippen molar-refractivity contribution < 1.29 is 14.3 Å². The van der Waals surface area contributed by atoms with Crippen molar-refractivity contribution in [1.82, 2.24) is 0 Å². The Morgan fingerprint density at radius 2 is 2.06 bits per heavy atom. The van der Waals surface area contributed by atoms with Gasteiger partial charge in [0.15, 0.2) is 0 Å². The van der Waals surface area contributed by atoms with Gasteiger partial charge in [0.25, 0.3) is 0 Å². The summed E-state index contributed by atoms with van der Waals surface area (Å²) >= 11 is 0. The Morgan fingerprint density at radius 3 is 2.59 bits per heavy atom. The molecule has 1 saturated carbocycles. The lowest BCUT2D eigenvalue weighted by Gasteiger charge is -2.25. The molecule has 0 atom stereocenters. The van der Waals surface area contributed by atoms with Gasteiger partial charge in [0, 0.05) is 0 Å². The quantitative estimate of drug-likeness (QED) is 0.874. The predicted molar refractivity (Wildman–Crippen MR) is 63.6 cm³/mol. The maximum absolute atomic E-state index is 13.4. The second-order valence-corrected chi connectivity index (χ2v) is 4.75. The molecule has 0 aromatic heterocycles. The molecule has 2 nitrogen and oxygen atoms in total. The third-order valence-corrected chi connectivity index (χ3v) is 3.85. The fraction of sp³-hybridized carbons (Fsp3) is 0.500. The summed E-state index contributed by atoms with van der Waals surface area (Å²) < 4.78 is 13.4. The fourth-order valence-corrected chi connectivity index (χ4v) is 2.75. The number of halogens is 1. The molecule has 1 N–H and O–H groups in total. The number of aliphatic carboxylic acids is 1. The van der Waals surface area contributed by atoms with Gasteiger partial charge in [-0.3, -0.25) is 4.79 Å².